The Morgan fingerprint density at radius 3 is 2.57 bits per heavy atom. The van der Waals surface area contributed by atoms with E-state index < -0.39 is 18.1 Å². The van der Waals surface area contributed by atoms with Gasteiger partial charge in [-0.05, 0) is 30.9 Å². The van der Waals surface area contributed by atoms with Crippen molar-refractivity contribution in [3.05, 3.63) is 35.4 Å². The van der Waals surface area contributed by atoms with Crippen LogP contribution in [0.25, 0.3) is 0 Å². The normalized spacial score (nSPS) is 28.2. The van der Waals surface area contributed by atoms with Gasteiger partial charge in [0.2, 0.25) is 0 Å². The standard InChI is InChI=1S/C16H19NO4/c1-10-6-7-14(21-10)15(18)17-9-12-5-3-2-4-11(12)8-13(17)16(19)20/h2-5,10,13-14H,6-9H2,1H3,(H,19,20)/t10?,13-,14?/m1/s1. The van der Waals surface area contributed by atoms with Crippen molar-refractivity contribution < 1.29 is 19.4 Å². The van der Waals surface area contributed by atoms with Crippen LogP contribution >= 0.6 is 0 Å². The molecule has 0 spiro atoms. The Morgan fingerprint density at radius 1 is 1.24 bits per heavy atom. The third-order valence-electron chi connectivity index (χ3n) is 4.32. The van der Waals surface area contributed by atoms with Gasteiger partial charge in [0.1, 0.15) is 12.1 Å². The van der Waals surface area contributed by atoms with Gasteiger partial charge >= 0.3 is 5.97 Å². The quantitative estimate of drug-likeness (QED) is 0.898. The molecule has 1 aromatic carbocycles. The summed E-state index contributed by atoms with van der Waals surface area (Å²) >= 11 is 0. The van der Waals surface area contributed by atoms with Crippen molar-refractivity contribution in [1.82, 2.24) is 4.90 Å². The molecule has 5 heteroatoms. The number of rotatable bonds is 2. The first-order valence-electron chi connectivity index (χ1n) is 7.32. The maximum Gasteiger partial charge on any atom is 0.326 e. The van der Waals surface area contributed by atoms with Crippen molar-refractivity contribution in [2.45, 2.75) is 51.0 Å². The molecule has 0 bridgehead atoms. The molecule has 5 nitrogen and oxygen atoms in total. The number of aliphatic carboxylic acids is 1. The Balaban J connectivity index is 1.85. The van der Waals surface area contributed by atoms with E-state index in [9.17, 15) is 14.7 Å². The summed E-state index contributed by atoms with van der Waals surface area (Å²) in [6.07, 6.45) is 1.45. The lowest BCUT2D eigenvalue weighted by atomic mass is 9.93. The number of hydrogen-bond acceptors (Lipinski definition) is 3. The number of carbonyl (C=O) groups is 2. The third kappa shape index (κ3) is 2.65. The summed E-state index contributed by atoms with van der Waals surface area (Å²) in [4.78, 5) is 25.6. The number of hydrogen-bond donors (Lipinski definition) is 1. The van der Waals surface area contributed by atoms with Gasteiger partial charge < -0.3 is 14.7 Å². The van der Waals surface area contributed by atoms with E-state index in [0.29, 0.717) is 19.4 Å². The van der Waals surface area contributed by atoms with E-state index in [1.165, 1.54) is 4.90 Å². The summed E-state index contributed by atoms with van der Waals surface area (Å²) in [7, 11) is 0. The second-order valence-corrected chi connectivity index (χ2v) is 5.81. The lowest BCUT2D eigenvalue weighted by Gasteiger charge is -2.35. The van der Waals surface area contributed by atoms with Gasteiger partial charge in [-0.1, -0.05) is 24.3 Å². The molecule has 2 heterocycles. The summed E-state index contributed by atoms with van der Waals surface area (Å²) in [5.41, 5.74) is 2.03. The molecule has 2 aliphatic rings. The number of benzene rings is 1. The summed E-state index contributed by atoms with van der Waals surface area (Å²) in [5.74, 6) is -1.15. The fraction of sp³-hybridized carbons (Fsp3) is 0.500. The monoisotopic (exact) mass is 289 g/mol. The molecule has 1 fully saturated rings. The topological polar surface area (TPSA) is 66.8 Å². The van der Waals surface area contributed by atoms with Gasteiger partial charge in [0, 0.05) is 13.0 Å². The molecular formula is C16H19NO4. The second kappa shape index (κ2) is 5.48. The zero-order valence-electron chi connectivity index (χ0n) is 12.0. The fourth-order valence-electron chi connectivity index (χ4n) is 3.14. The predicted octanol–water partition coefficient (Wildman–Crippen LogP) is 1.59. The predicted molar refractivity (Wildman–Crippen MR) is 75.7 cm³/mol. The maximum atomic E-state index is 12.6. The van der Waals surface area contributed by atoms with Gasteiger partial charge in [-0.3, -0.25) is 4.79 Å². The van der Waals surface area contributed by atoms with E-state index >= 15 is 0 Å². The van der Waals surface area contributed by atoms with Gasteiger partial charge in [-0.2, -0.15) is 0 Å². The first-order chi connectivity index (χ1) is 10.1. The number of carboxylic acids is 1. The molecule has 112 valence electrons. The number of carboxylic acid groups (broad SMARTS) is 1. The van der Waals surface area contributed by atoms with E-state index in [2.05, 4.69) is 0 Å². The average Bonchev–Trinajstić information content (AvgIpc) is 2.91. The van der Waals surface area contributed by atoms with Gasteiger partial charge in [0.15, 0.2) is 0 Å². The fourth-order valence-corrected chi connectivity index (χ4v) is 3.14. The summed E-state index contributed by atoms with van der Waals surface area (Å²) in [5, 5.41) is 9.44. The maximum absolute atomic E-state index is 12.6. The van der Waals surface area contributed by atoms with Crippen LogP contribution in [0.3, 0.4) is 0 Å². The molecule has 0 saturated carbocycles. The average molecular weight is 289 g/mol. The molecule has 0 aliphatic carbocycles. The number of carbonyl (C=O) groups excluding carboxylic acids is 1. The zero-order valence-corrected chi connectivity index (χ0v) is 12.0. The van der Waals surface area contributed by atoms with Crippen LogP contribution in [0.15, 0.2) is 24.3 Å². The van der Waals surface area contributed by atoms with E-state index in [4.69, 9.17) is 4.74 Å². The Labute approximate surface area is 123 Å². The highest BCUT2D eigenvalue weighted by atomic mass is 16.5. The number of amides is 1. The van der Waals surface area contributed by atoms with Crippen LogP contribution in [-0.2, 0) is 27.3 Å². The van der Waals surface area contributed by atoms with Gasteiger partial charge in [0.05, 0.1) is 6.10 Å². The number of ether oxygens (including phenoxy) is 1. The Morgan fingerprint density at radius 2 is 1.95 bits per heavy atom. The molecule has 21 heavy (non-hydrogen) atoms. The van der Waals surface area contributed by atoms with E-state index in [1.54, 1.807) is 0 Å². The highest BCUT2D eigenvalue weighted by Crippen LogP contribution is 2.27. The lowest BCUT2D eigenvalue weighted by Crippen LogP contribution is -2.51. The van der Waals surface area contributed by atoms with Crippen LogP contribution in [0.2, 0.25) is 0 Å². The van der Waals surface area contributed by atoms with E-state index in [1.807, 2.05) is 31.2 Å². The third-order valence-corrected chi connectivity index (χ3v) is 4.32. The van der Waals surface area contributed by atoms with Crippen molar-refractivity contribution in [3.8, 4) is 0 Å². The SMILES string of the molecule is CC1CCC(C(=O)N2Cc3ccccc3C[C@@H]2C(=O)O)O1. The van der Waals surface area contributed by atoms with Crippen LogP contribution in [-0.4, -0.2) is 40.1 Å². The summed E-state index contributed by atoms with van der Waals surface area (Å²) in [6.45, 7) is 2.29. The Kier molecular flexibility index (Phi) is 3.68. The molecule has 1 amide bonds. The molecule has 1 N–H and O–H groups in total. The van der Waals surface area contributed by atoms with Crippen molar-refractivity contribution >= 4 is 11.9 Å². The minimum absolute atomic E-state index is 0.0688. The Hall–Kier alpha value is -1.88. The van der Waals surface area contributed by atoms with Crippen LogP contribution < -0.4 is 0 Å². The van der Waals surface area contributed by atoms with Crippen LogP contribution in [0.4, 0.5) is 0 Å². The molecule has 0 radical (unpaired) electrons. The highest BCUT2D eigenvalue weighted by Gasteiger charge is 2.39. The first kappa shape index (κ1) is 14.1. The van der Waals surface area contributed by atoms with Crippen LogP contribution in [0, 0.1) is 0 Å². The molecule has 3 atom stereocenters. The summed E-state index contributed by atoms with van der Waals surface area (Å²) in [6, 6.07) is 6.90. The van der Waals surface area contributed by atoms with Crippen molar-refractivity contribution in [3.63, 3.8) is 0 Å². The molecule has 0 aromatic heterocycles. The molecule has 3 rings (SSSR count). The largest absolute Gasteiger partial charge is 0.480 e. The minimum atomic E-state index is -0.955. The van der Waals surface area contributed by atoms with Crippen molar-refractivity contribution in [1.29, 1.82) is 0 Å². The molecule has 2 unspecified atom stereocenters. The van der Waals surface area contributed by atoms with E-state index in [0.717, 1.165) is 17.5 Å². The Bertz CT molecular complexity index is 571. The van der Waals surface area contributed by atoms with Gasteiger partial charge in [-0.15, -0.1) is 0 Å². The molecule has 1 aromatic rings. The molecule has 1 saturated heterocycles. The zero-order chi connectivity index (χ0) is 15.0. The number of nitrogens with zero attached hydrogens (tertiary/aromatic N) is 1. The van der Waals surface area contributed by atoms with E-state index in [-0.39, 0.29) is 12.0 Å². The highest BCUT2D eigenvalue weighted by molar-refractivity contribution is 5.87. The molecular weight excluding hydrogens is 270 g/mol. The smallest absolute Gasteiger partial charge is 0.326 e. The first-order valence-corrected chi connectivity index (χ1v) is 7.32. The number of fused-ring (bicyclic) bond motifs is 1. The van der Waals surface area contributed by atoms with Crippen molar-refractivity contribution in [2.75, 3.05) is 0 Å². The van der Waals surface area contributed by atoms with Gasteiger partial charge in [0.25, 0.3) is 5.91 Å². The lowest BCUT2D eigenvalue weighted by molar-refractivity contribution is -0.156. The minimum Gasteiger partial charge on any atom is -0.480 e. The second-order valence-electron chi connectivity index (χ2n) is 5.81. The van der Waals surface area contributed by atoms with Gasteiger partial charge in [-0.25, -0.2) is 4.79 Å². The molecule has 2 aliphatic heterocycles. The van der Waals surface area contributed by atoms with Crippen molar-refractivity contribution in [2.24, 2.45) is 0 Å². The van der Waals surface area contributed by atoms with Crippen LogP contribution in [0.5, 0.6) is 0 Å². The van der Waals surface area contributed by atoms with Crippen LogP contribution in [0.1, 0.15) is 30.9 Å². The summed E-state index contributed by atoms with van der Waals surface area (Å²) < 4.78 is 5.61.